The zero-order valence-corrected chi connectivity index (χ0v) is 10.3. The van der Waals surface area contributed by atoms with Crippen LogP contribution in [0.3, 0.4) is 0 Å². The van der Waals surface area contributed by atoms with E-state index in [9.17, 15) is 9.59 Å². The minimum absolute atomic E-state index is 0.359. The molecule has 3 rings (SSSR count). The van der Waals surface area contributed by atoms with Crippen LogP contribution in [-0.4, -0.2) is 21.6 Å². The summed E-state index contributed by atoms with van der Waals surface area (Å²) in [5.74, 6) is -0.743. The number of rotatable bonds is 1. The number of aromatic nitrogens is 2. The van der Waals surface area contributed by atoms with Crippen LogP contribution >= 0.6 is 0 Å². The average molecular weight is 253 g/mol. The van der Waals surface area contributed by atoms with Crippen molar-refractivity contribution in [1.29, 1.82) is 0 Å². The fraction of sp³-hybridized carbons (Fsp3) is 0.0714. The van der Waals surface area contributed by atoms with E-state index in [0.717, 1.165) is 5.69 Å². The topological polar surface area (TPSA) is 64.0 Å². The molecule has 0 atom stereocenters. The van der Waals surface area contributed by atoms with E-state index < -0.39 is 0 Å². The second-order valence-corrected chi connectivity index (χ2v) is 4.27. The highest BCUT2D eigenvalue weighted by Gasteiger charge is 2.26. The molecule has 1 aromatic carbocycles. The van der Waals surface area contributed by atoms with Crippen molar-refractivity contribution in [2.24, 2.45) is 7.05 Å². The summed E-state index contributed by atoms with van der Waals surface area (Å²) in [6.45, 7) is 0. The third-order valence-corrected chi connectivity index (χ3v) is 3.08. The number of hydrogen-bond donors (Lipinski definition) is 1. The standard InChI is InChI=1S/C14H11N3O2/c1-17-9(6-7-15-17)8-12-10-4-2-3-5-11(10)13(18)16-14(12)19/h2-8H,1H3,(H,16,18,19)/b12-8+. The summed E-state index contributed by atoms with van der Waals surface area (Å²) in [7, 11) is 1.80. The number of fused-ring (bicyclic) bond motifs is 1. The molecule has 2 amide bonds. The summed E-state index contributed by atoms with van der Waals surface area (Å²) in [6.07, 6.45) is 3.39. The Hall–Kier alpha value is -2.69. The molecule has 1 aliphatic heterocycles. The quantitative estimate of drug-likeness (QED) is 0.614. The maximum atomic E-state index is 12.0. The number of imide groups is 1. The monoisotopic (exact) mass is 253 g/mol. The van der Waals surface area contributed by atoms with E-state index in [0.29, 0.717) is 16.7 Å². The normalized spacial score (nSPS) is 16.4. The molecule has 2 heterocycles. The Morgan fingerprint density at radius 1 is 1.11 bits per heavy atom. The molecule has 0 saturated heterocycles. The molecular weight excluding hydrogens is 242 g/mol. The van der Waals surface area contributed by atoms with Crippen LogP contribution in [-0.2, 0) is 11.8 Å². The van der Waals surface area contributed by atoms with E-state index >= 15 is 0 Å². The molecule has 5 nitrogen and oxygen atoms in total. The maximum Gasteiger partial charge on any atom is 0.258 e. The lowest BCUT2D eigenvalue weighted by Gasteiger charge is -2.17. The van der Waals surface area contributed by atoms with Gasteiger partial charge in [-0.25, -0.2) is 0 Å². The fourth-order valence-corrected chi connectivity index (χ4v) is 2.09. The third-order valence-electron chi connectivity index (χ3n) is 3.08. The summed E-state index contributed by atoms with van der Waals surface area (Å²) < 4.78 is 1.67. The lowest BCUT2D eigenvalue weighted by atomic mass is 9.94. The Labute approximate surface area is 109 Å². The molecular formula is C14H11N3O2. The van der Waals surface area contributed by atoms with Crippen LogP contribution in [0.4, 0.5) is 0 Å². The zero-order chi connectivity index (χ0) is 13.4. The van der Waals surface area contributed by atoms with E-state index in [4.69, 9.17) is 0 Å². The summed E-state index contributed by atoms with van der Waals surface area (Å²) in [5.41, 5.74) is 2.43. The summed E-state index contributed by atoms with van der Waals surface area (Å²) in [6, 6.07) is 8.86. The zero-order valence-electron chi connectivity index (χ0n) is 10.3. The first-order chi connectivity index (χ1) is 9.16. The lowest BCUT2D eigenvalue weighted by Crippen LogP contribution is -2.36. The Morgan fingerprint density at radius 3 is 2.53 bits per heavy atom. The minimum Gasteiger partial charge on any atom is -0.288 e. The Balaban J connectivity index is 2.19. The molecule has 1 aromatic heterocycles. The van der Waals surface area contributed by atoms with Crippen LogP contribution in [0, 0.1) is 0 Å². The smallest absolute Gasteiger partial charge is 0.258 e. The van der Waals surface area contributed by atoms with Crippen molar-refractivity contribution in [3.05, 3.63) is 53.3 Å². The second-order valence-electron chi connectivity index (χ2n) is 4.27. The molecule has 0 fully saturated rings. The van der Waals surface area contributed by atoms with Gasteiger partial charge in [0, 0.05) is 29.9 Å². The Bertz CT molecular complexity index is 713. The van der Waals surface area contributed by atoms with Crippen LogP contribution in [0.5, 0.6) is 0 Å². The van der Waals surface area contributed by atoms with Crippen molar-refractivity contribution < 1.29 is 9.59 Å². The summed E-state index contributed by atoms with van der Waals surface area (Å²) in [4.78, 5) is 23.7. The van der Waals surface area contributed by atoms with Gasteiger partial charge in [0.1, 0.15) is 0 Å². The molecule has 0 radical (unpaired) electrons. The van der Waals surface area contributed by atoms with E-state index in [1.807, 2.05) is 6.07 Å². The molecule has 0 spiro atoms. The SMILES string of the molecule is Cn1nccc1/C=C1/C(=O)NC(=O)c2ccccc21. The number of carbonyl (C=O) groups is 2. The molecule has 19 heavy (non-hydrogen) atoms. The van der Waals surface area contributed by atoms with Crippen LogP contribution in [0.2, 0.25) is 0 Å². The number of nitrogens with one attached hydrogen (secondary N) is 1. The van der Waals surface area contributed by atoms with Crippen LogP contribution in [0.1, 0.15) is 21.6 Å². The van der Waals surface area contributed by atoms with Gasteiger partial charge in [-0.1, -0.05) is 18.2 Å². The largest absolute Gasteiger partial charge is 0.288 e. The second kappa shape index (κ2) is 4.20. The van der Waals surface area contributed by atoms with Gasteiger partial charge < -0.3 is 0 Å². The molecule has 1 N–H and O–H groups in total. The van der Waals surface area contributed by atoms with Crippen molar-refractivity contribution in [2.45, 2.75) is 0 Å². The van der Waals surface area contributed by atoms with Crippen molar-refractivity contribution in [2.75, 3.05) is 0 Å². The van der Waals surface area contributed by atoms with Crippen LogP contribution in [0.25, 0.3) is 11.6 Å². The van der Waals surface area contributed by atoms with Gasteiger partial charge in [-0.2, -0.15) is 5.10 Å². The predicted molar refractivity (Wildman–Crippen MR) is 70.0 cm³/mol. The lowest BCUT2D eigenvalue weighted by molar-refractivity contribution is -0.114. The van der Waals surface area contributed by atoms with Gasteiger partial charge in [-0.15, -0.1) is 0 Å². The molecule has 0 saturated carbocycles. The first kappa shape index (κ1) is 11.4. The van der Waals surface area contributed by atoms with Crippen LogP contribution < -0.4 is 5.32 Å². The van der Waals surface area contributed by atoms with Gasteiger partial charge in [-0.05, 0) is 18.2 Å². The Kier molecular flexibility index (Phi) is 2.52. The first-order valence-electron chi connectivity index (χ1n) is 5.81. The first-order valence-corrected chi connectivity index (χ1v) is 5.81. The number of benzene rings is 1. The fourth-order valence-electron chi connectivity index (χ4n) is 2.09. The third kappa shape index (κ3) is 1.85. The van der Waals surface area contributed by atoms with Gasteiger partial charge in [0.15, 0.2) is 0 Å². The van der Waals surface area contributed by atoms with Gasteiger partial charge in [-0.3, -0.25) is 19.6 Å². The molecule has 0 unspecified atom stereocenters. The van der Waals surface area contributed by atoms with Gasteiger partial charge in [0.05, 0.1) is 5.69 Å². The molecule has 0 bridgehead atoms. The average Bonchev–Trinajstić information content (AvgIpc) is 2.80. The van der Waals surface area contributed by atoms with E-state index in [-0.39, 0.29) is 11.8 Å². The van der Waals surface area contributed by atoms with E-state index in [2.05, 4.69) is 10.4 Å². The van der Waals surface area contributed by atoms with Gasteiger partial charge in [0.25, 0.3) is 11.8 Å². The number of amides is 2. The number of carbonyl (C=O) groups excluding carboxylic acids is 2. The molecule has 5 heteroatoms. The van der Waals surface area contributed by atoms with Crippen molar-refractivity contribution in [1.82, 2.24) is 15.1 Å². The highest BCUT2D eigenvalue weighted by atomic mass is 16.2. The number of nitrogens with zero attached hydrogens (tertiary/aromatic N) is 2. The van der Waals surface area contributed by atoms with E-state index in [1.54, 1.807) is 48.3 Å². The molecule has 2 aromatic rings. The minimum atomic E-state index is -0.384. The number of hydrogen-bond acceptors (Lipinski definition) is 3. The number of aryl methyl sites for hydroxylation is 1. The predicted octanol–water partition coefficient (Wildman–Crippen LogP) is 1.23. The summed E-state index contributed by atoms with van der Waals surface area (Å²) >= 11 is 0. The summed E-state index contributed by atoms with van der Waals surface area (Å²) in [5, 5.41) is 6.39. The van der Waals surface area contributed by atoms with Gasteiger partial charge >= 0.3 is 0 Å². The maximum absolute atomic E-state index is 12.0. The van der Waals surface area contributed by atoms with Gasteiger partial charge in [0.2, 0.25) is 0 Å². The van der Waals surface area contributed by atoms with Crippen LogP contribution in [0.15, 0.2) is 36.5 Å². The molecule has 1 aliphatic rings. The van der Waals surface area contributed by atoms with E-state index in [1.165, 1.54) is 0 Å². The Morgan fingerprint density at radius 2 is 1.84 bits per heavy atom. The van der Waals surface area contributed by atoms with Crippen molar-refractivity contribution in [3.63, 3.8) is 0 Å². The highest BCUT2D eigenvalue weighted by molar-refractivity contribution is 6.33. The molecule has 0 aliphatic carbocycles. The highest BCUT2D eigenvalue weighted by Crippen LogP contribution is 2.25. The molecule has 94 valence electrons. The van der Waals surface area contributed by atoms with Crippen molar-refractivity contribution >= 4 is 23.5 Å². The van der Waals surface area contributed by atoms with Crippen molar-refractivity contribution in [3.8, 4) is 0 Å².